The maximum Gasteiger partial charge on any atom is 0.335 e. The number of amides is 2. The molecule has 0 saturated heterocycles. The van der Waals surface area contributed by atoms with Crippen molar-refractivity contribution in [3.63, 3.8) is 0 Å². The highest BCUT2D eigenvalue weighted by atomic mass is 32.2. The Balaban J connectivity index is 1.80. The highest BCUT2D eigenvalue weighted by Crippen LogP contribution is 2.37. The molecule has 2 amide bonds. The number of hydrogen-bond acceptors (Lipinski definition) is 4. The van der Waals surface area contributed by atoms with Crippen molar-refractivity contribution in [1.29, 1.82) is 0 Å². The van der Waals surface area contributed by atoms with Gasteiger partial charge in [-0.15, -0.1) is 11.8 Å². The molecule has 0 spiro atoms. The van der Waals surface area contributed by atoms with Crippen molar-refractivity contribution >= 4 is 40.9 Å². The predicted molar refractivity (Wildman–Crippen MR) is 132 cm³/mol. The van der Waals surface area contributed by atoms with Gasteiger partial charge in [-0.25, -0.2) is 4.79 Å². The summed E-state index contributed by atoms with van der Waals surface area (Å²) in [6.45, 7) is 2.04. The first kappa shape index (κ1) is 24.1. The second-order valence-electron chi connectivity index (χ2n) is 7.46. The van der Waals surface area contributed by atoms with Crippen LogP contribution in [0.5, 0.6) is 0 Å². The maximum atomic E-state index is 13.2. The minimum Gasteiger partial charge on any atom is -0.478 e. The molecule has 1 unspecified atom stereocenters. The fourth-order valence-corrected chi connectivity index (χ4v) is 4.27. The van der Waals surface area contributed by atoms with Gasteiger partial charge in [0.2, 0.25) is 11.8 Å². The number of hydrogen-bond donors (Lipinski definition) is 3. The lowest BCUT2D eigenvalue weighted by molar-refractivity contribution is -0.116. The van der Waals surface area contributed by atoms with Crippen molar-refractivity contribution in [3.8, 4) is 0 Å². The highest BCUT2D eigenvalue weighted by molar-refractivity contribution is 8.00. The number of carbonyl (C=O) groups is 3. The van der Waals surface area contributed by atoms with Gasteiger partial charge in [0.1, 0.15) is 5.25 Å². The molecule has 0 bridgehead atoms. The van der Waals surface area contributed by atoms with E-state index in [2.05, 4.69) is 10.6 Å². The normalized spacial score (nSPS) is 11.4. The van der Waals surface area contributed by atoms with Gasteiger partial charge >= 0.3 is 5.97 Å². The number of benzene rings is 3. The molecule has 0 radical (unpaired) electrons. The summed E-state index contributed by atoms with van der Waals surface area (Å²) in [5, 5.41) is 14.4. The van der Waals surface area contributed by atoms with E-state index in [1.165, 1.54) is 23.9 Å². The average molecular weight is 463 g/mol. The Kier molecular flexibility index (Phi) is 8.66. The van der Waals surface area contributed by atoms with Gasteiger partial charge < -0.3 is 15.7 Å². The summed E-state index contributed by atoms with van der Waals surface area (Å²) < 4.78 is 0. The summed E-state index contributed by atoms with van der Waals surface area (Å²) in [6, 6.07) is 22.9. The van der Waals surface area contributed by atoms with Crippen LogP contribution in [-0.2, 0) is 9.59 Å². The number of aromatic carboxylic acids is 1. The van der Waals surface area contributed by atoms with Gasteiger partial charge in [-0.3, -0.25) is 9.59 Å². The number of anilines is 2. The molecule has 0 saturated carbocycles. The molecule has 7 heteroatoms. The van der Waals surface area contributed by atoms with Gasteiger partial charge in [0, 0.05) is 22.7 Å². The molecular formula is C26H26N2O4S. The van der Waals surface area contributed by atoms with E-state index in [0.717, 1.165) is 23.3 Å². The number of carboxylic acids is 1. The van der Waals surface area contributed by atoms with E-state index >= 15 is 0 Å². The number of nitrogens with one attached hydrogen (secondary N) is 2. The third kappa shape index (κ3) is 7.22. The smallest absolute Gasteiger partial charge is 0.335 e. The number of unbranched alkanes of at least 4 members (excludes halogenated alkanes) is 1. The average Bonchev–Trinajstić information content (AvgIpc) is 2.82. The monoisotopic (exact) mass is 462 g/mol. The molecule has 170 valence electrons. The van der Waals surface area contributed by atoms with Crippen molar-refractivity contribution in [2.24, 2.45) is 0 Å². The first-order valence-electron chi connectivity index (χ1n) is 10.7. The Morgan fingerprint density at radius 3 is 2.27 bits per heavy atom. The molecule has 0 heterocycles. The van der Waals surface area contributed by atoms with Crippen molar-refractivity contribution in [1.82, 2.24) is 0 Å². The summed E-state index contributed by atoms with van der Waals surface area (Å²) in [5.41, 5.74) is 2.01. The minimum absolute atomic E-state index is 0.0327. The SMILES string of the molecule is CCCCC(=O)Nc1cccc(SC(C(=O)Nc2cccc(C(=O)O)c2)c2ccccc2)c1. The number of rotatable bonds is 10. The number of carboxylic acid groups (broad SMARTS) is 1. The molecular weight excluding hydrogens is 436 g/mol. The Labute approximate surface area is 197 Å². The Hall–Kier alpha value is -3.58. The van der Waals surface area contributed by atoms with Gasteiger partial charge in [-0.1, -0.05) is 55.8 Å². The zero-order valence-electron chi connectivity index (χ0n) is 18.3. The lowest BCUT2D eigenvalue weighted by atomic mass is 10.1. The van der Waals surface area contributed by atoms with Gasteiger partial charge in [0.15, 0.2) is 0 Å². The van der Waals surface area contributed by atoms with Crippen molar-refractivity contribution in [2.45, 2.75) is 36.3 Å². The summed E-state index contributed by atoms with van der Waals surface area (Å²) >= 11 is 1.36. The largest absolute Gasteiger partial charge is 0.478 e. The predicted octanol–water partition coefficient (Wildman–Crippen LogP) is 5.99. The van der Waals surface area contributed by atoms with Crippen LogP contribution < -0.4 is 10.6 Å². The molecule has 1 atom stereocenters. The van der Waals surface area contributed by atoms with E-state index in [1.807, 2.05) is 61.5 Å². The third-order valence-electron chi connectivity index (χ3n) is 4.85. The van der Waals surface area contributed by atoms with E-state index in [9.17, 15) is 19.5 Å². The molecule has 0 fully saturated rings. The quantitative estimate of drug-likeness (QED) is 0.322. The Morgan fingerprint density at radius 1 is 0.879 bits per heavy atom. The molecule has 0 aliphatic carbocycles. The van der Waals surface area contributed by atoms with Crippen molar-refractivity contribution < 1.29 is 19.5 Å². The second-order valence-corrected chi connectivity index (χ2v) is 8.64. The van der Waals surface area contributed by atoms with Gasteiger partial charge in [0.05, 0.1) is 5.56 Å². The summed E-state index contributed by atoms with van der Waals surface area (Å²) in [7, 11) is 0. The zero-order chi connectivity index (χ0) is 23.6. The van der Waals surface area contributed by atoms with Crippen LogP contribution in [0.2, 0.25) is 0 Å². The third-order valence-corrected chi connectivity index (χ3v) is 6.09. The van der Waals surface area contributed by atoms with Crippen molar-refractivity contribution in [3.05, 3.63) is 90.0 Å². The van der Waals surface area contributed by atoms with E-state index < -0.39 is 11.2 Å². The van der Waals surface area contributed by atoms with Crippen LogP contribution in [-0.4, -0.2) is 22.9 Å². The van der Waals surface area contributed by atoms with E-state index in [-0.39, 0.29) is 17.4 Å². The van der Waals surface area contributed by atoms with Crippen molar-refractivity contribution in [2.75, 3.05) is 10.6 Å². The Morgan fingerprint density at radius 2 is 1.58 bits per heavy atom. The molecule has 3 N–H and O–H groups in total. The van der Waals surface area contributed by atoms with E-state index in [4.69, 9.17) is 0 Å². The van der Waals surface area contributed by atoms with Gasteiger partial charge in [0.25, 0.3) is 0 Å². The molecule has 0 aliphatic rings. The van der Waals surface area contributed by atoms with Crippen LogP contribution in [0.3, 0.4) is 0 Å². The first-order valence-corrected chi connectivity index (χ1v) is 11.6. The standard InChI is InChI=1S/C26H26N2O4S/c1-2-3-15-23(29)27-21-13-8-14-22(17-21)33-24(18-9-5-4-6-10-18)25(30)28-20-12-7-11-19(16-20)26(31)32/h4-14,16-17,24H,2-3,15H2,1H3,(H,27,29)(H,28,30)(H,31,32). The topological polar surface area (TPSA) is 95.5 Å². The van der Waals surface area contributed by atoms with Crippen LogP contribution in [0, 0.1) is 0 Å². The molecule has 3 aromatic carbocycles. The van der Waals surface area contributed by atoms with Crippen LogP contribution in [0.15, 0.2) is 83.8 Å². The molecule has 33 heavy (non-hydrogen) atoms. The first-order chi connectivity index (χ1) is 16.0. The lowest BCUT2D eigenvalue weighted by Crippen LogP contribution is -2.19. The highest BCUT2D eigenvalue weighted by Gasteiger charge is 2.22. The number of thioether (sulfide) groups is 1. The molecule has 0 aliphatic heterocycles. The fourth-order valence-electron chi connectivity index (χ4n) is 3.18. The van der Waals surface area contributed by atoms with Crippen LogP contribution in [0.1, 0.15) is 47.4 Å². The summed E-state index contributed by atoms with van der Waals surface area (Å²) in [4.78, 5) is 37.4. The number of carbonyl (C=O) groups excluding carboxylic acids is 2. The van der Waals surface area contributed by atoms with Crippen LogP contribution in [0.4, 0.5) is 11.4 Å². The van der Waals surface area contributed by atoms with Crippen LogP contribution >= 0.6 is 11.8 Å². The molecule has 3 aromatic rings. The summed E-state index contributed by atoms with van der Waals surface area (Å²) in [6.07, 6.45) is 2.25. The van der Waals surface area contributed by atoms with Gasteiger partial charge in [-0.05, 0) is 48.4 Å². The molecule has 3 rings (SSSR count). The fraction of sp³-hybridized carbons (Fsp3) is 0.192. The summed E-state index contributed by atoms with van der Waals surface area (Å²) in [5.74, 6) is -1.36. The van der Waals surface area contributed by atoms with Crippen LogP contribution in [0.25, 0.3) is 0 Å². The van der Waals surface area contributed by atoms with E-state index in [1.54, 1.807) is 12.1 Å². The lowest BCUT2D eigenvalue weighted by Gasteiger charge is -2.18. The molecule has 6 nitrogen and oxygen atoms in total. The van der Waals surface area contributed by atoms with Gasteiger partial charge in [-0.2, -0.15) is 0 Å². The zero-order valence-corrected chi connectivity index (χ0v) is 19.1. The minimum atomic E-state index is -1.06. The maximum absolute atomic E-state index is 13.2. The Bertz CT molecular complexity index is 1120. The second kappa shape index (κ2) is 11.9. The molecule has 0 aromatic heterocycles. The van der Waals surface area contributed by atoms with E-state index in [0.29, 0.717) is 17.8 Å².